The van der Waals surface area contributed by atoms with Crippen molar-refractivity contribution in [1.29, 1.82) is 0 Å². The van der Waals surface area contributed by atoms with Crippen LogP contribution < -0.4 is 10.2 Å². The zero-order valence-electron chi connectivity index (χ0n) is 18.0. The highest BCUT2D eigenvalue weighted by molar-refractivity contribution is 7.88. The van der Waals surface area contributed by atoms with E-state index in [9.17, 15) is 18.0 Å². The quantitative estimate of drug-likeness (QED) is 0.738. The summed E-state index contributed by atoms with van der Waals surface area (Å²) in [7, 11) is -3.68. The second-order valence-electron chi connectivity index (χ2n) is 8.14. The molecule has 1 aliphatic rings. The zero-order valence-corrected chi connectivity index (χ0v) is 19.5. The summed E-state index contributed by atoms with van der Waals surface area (Å²) in [5.74, 6) is -0.948. The fourth-order valence-corrected chi connectivity index (χ4v) is 4.61. The summed E-state index contributed by atoms with van der Waals surface area (Å²) in [6, 6.07) is 12.8. The Labute approximate surface area is 188 Å². The van der Waals surface area contributed by atoms with E-state index in [2.05, 4.69) is 5.32 Å². The summed E-state index contributed by atoms with van der Waals surface area (Å²) in [5.41, 5.74) is 1.82. The third-order valence-corrected chi connectivity index (χ3v) is 7.09. The number of carbonyl (C=O) groups excluding carboxylic acids is 2. The molecule has 166 valence electrons. The van der Waals surface area contributed by atoms with Gasteiger partial charge in [-0.3, -0.25) is 14.5 Å². The largest absolute Gasteiger partial charge is 0.350 e. The molecule has 7 nitrogen and oxygen atoms in total. The number of nitrogens with zero attached hydrogens (tertiary/aromatic N) is 2. The third kappa shape index (κ3) is 4.92. The molecule has 3 rings (SSSR count). The summed E-state index contributed by atoms with van der Waals surface area (Å²) in [5, 5.41) is 3.32. The van der Waals surface area contributed by atoms with Crippen LogP contribution in [0.4, 0.5) is 5.69 Å². The van der Waals surface area contributed by atoms with Crippen LogP contribution in [0.3, 0.4) is 0 Å². The van der Waals surface area contributed by atoms with Crippen molar-refractivity contribution < 1.29 is 18.0 Å². The lowest BCUT2D eigenvalue weighted by Gasteiger charge is -2.46. The minimum atomic E-state index is -3.68. The standard InChI is InChI=1S/C22H26ClN3O4S/c1-15-5-8-17(9-6-15)12-24-21(28)22(3)14-25(31(4,29)30)13-20(27)26(22)18-10-7-16(2)19(23)11-18/h5-11H,12-14H2,1-4H3,(H,24,28)/t22-/m1/s1. The molecule has 0 radical (unpaired) electrons. The molecular formula is C22H26ClN3O4S. The van der Waals surface area contributed by atoms with Crippen molar-refractivity contribution in [2.24, 2.45) is 0 Å². The Balaban J connectivity index is 1.97. The number of hydrogen-bond donors (Lipinski definition) is 1. The molecule has 9 heteroatoms. The van der Waals surface area contributed by atoms with Crippen LogP contribution in [-0.2, 0) is 26.2 Å². The van der Waals surface area contributed by atoms with E-state index in [-0.39, 0.29) is 19.6 Å². The molecular weight excluding hydrogens is 438 g/mol. The molecule has 1 aliphatic heterocycles. The van der Waals surface area contributed by atoms with Gasteiger partial charge in [0.15, 0.2) is 0 Å². The molecule has 1 saturated heterocycles. The van der Waals surface area contributed by atoms with Crippen LogP contribution in [0.25, 0.3) is 0 Å². The molecule has 0 unspecified atom stereocenters. The van der Waals surface area contributed by atoms with E-state index in [1.165, 1.54) is 4.90 Å². The Morgan fingerprint density at radius 3 is 2.39 bits per heavy atom. The molecule has 2 aromatic rings. The number of amides is 2. The van der Waals surface area contributed by atoms with Crippen molar-refractivity contribution in [3.8, 4) is 0 Å². The Hall–Kier alpha value is -2.42. The number of nitrogens with one attached hydrogen (secondary N) is 1. The predicted octanol–water partition coefficient (Wildman–Crippen LogP) is 2.64. The van der Waals surface area contributed by atoms with Gasteiger partial charge in [0.25, 0.3) is 0 Å². The van der Waals surface area contributed by atoms with Gasteiger partial charge in [0.1, 0.15) is 5.54 Å². The third-order valence-electron chi connectivity index (χ3n) is 5.48. The van der Waals surface area contributed by atoms with Crippen LogP contribution in [-0.4, -0.2) is 49.4 Å². The number of rotatable bonds is 5. The van der Waals surface area contributed by atoms with Gasteiger partial charge in [-0.15, -0.1) is 0 Å². The molecule has 31 heavy (non-hydrogen) atoms. The van der Waals surface area contributed by atoms with E-state index in [0.29, 0.717) is 10.7 Å². The predicted molar refractivity (Wildman–Crippen MR) is 122 cm³/mol. The molecule has 0 saturated carbocycles. The highest BCUT2D eigenvalue weighted by Gasteiger charge is 2.50. The lowest BCUT2D eigenvalue weighted by atomic mass is 9.94. The molecule has 1 heterocycles. The van der Waals surface area contributed by atoms with Crippen molar-refractivity contribution in [2.45, 2.75) is 32.9 Å². The van der Waals surface area contributed by atoms with Crippen molar-refractivity contribution in [3.05, 3.63) is 64.2 Å². The number of sulfonamides is 1. The van der Waals surface area contributed by atoms with Crippen molar-refractivity contribution >= 4 is 39.1 Å². The van der Waals surface area contributed by atoms with Crippen LogP contribution >= 0.6 is 11.6 Å². The van der Waals surface area contributed by atoms with Crippen LogP contribution in [0, 0.1) is 13.8 Å². The van der Waals surface area contributed by atoms with Crippen LogP contribution in [0.2, 0.25) is 5.02 Å². The van der Waals surface area contributed by atoms with Gasteiger partial charge in [0, 0.05) is 23.8 Å². The monoisotopic (exact) mass is 463 g/mol. The fraction of sp³-hybridized carbons (Fsp3) is 0.364. The number of halogens is 1. The number of anilines is 1. The van der Waals surface area contributed by atoms with E-state index in [4.69, 9.17) is 11.6 Å². The van der Waals surface area contributed by atoms with E-state index in [0.717, 1.165) is 27.3 Å². The van der Waals surface area contributed by atoms with Crippen LogP contribution in [0.1, 0.15) is 23.6 Å². The zero-order chi connectivity index (χ0) is 23.0. The van der Waals surface area contributed by atoms with Gasteiger partial charge >= 0.3 is 0 Å². The maximum atomic E-state index is 13.4. The summed E-state index contributed by atoms with van der Waals surface area (Å²) < 4.78 is 25.4. The average molecular weight is 464 g/mol. The first-order chi connectivity index (χ1) is 14.4. The molecule has 1 fully saturated rings. The van der Waals surface area contributed by atoms with Crippen molar-refractivity contribution in [3.63, 3.8) is 0 Å². The Morgan fingerprint density at radius 2 is 1.81 bits per heavy atom. The molecule has 0 aliphatic carbocycles. The molecule has 0 bridgehead atoms. The van der Waals surface area contributed by atoms with Crippen LogP contribution in [0.5, 0.6) is 0 Å². The number of benzene rings is 2. The van der Waals surface area contributed by atoms with Gasteiger partial charge in [-0.1, -0.05) is 47.5 Å². The minimum Gasteiger partial charge on any atom is -0.350 e. The molecule has 1 atom stereocenters. The van der Waals surface area contributed by atoms with Gasteiger partial charge in [-0.2, -0.15) is 4.31 Å². The van der Waals surface area contributed by atoms with E-state index in [1.807, 2.05) is 38.1 Å². The summed E-state index contributed by atoms with van der Waals surface area (Å²) in [6.45, 7) is 5.13. The lowest BCUT2D eigenvalue weighted by molar-refractivity contribution is -0.133. The first kappa shape index (κ1) is 23.2. The summed E-state index contributed by atoms with van der Waals surface area (Å²) in [6.07, 6.45) is 1.03. The molecule has 1 N–H and O–H groups in total. The first-order valence-electron chi connectivity index (χ1n) is 9.80. The normalized spacial score (nSPS) is 20.0. The van der Waals surface area contributed by atoms with Crippen molar-refractivity contribution in [1.82, 2.24) is 9.62 Å². The second kappa shape index (κ2) is 8.61. The van der Waals surface area contributed by atoms with E-state index in [1.54, 1.807) is 25.1 Å². The SMILES string of the molecule is Cc1ccc(CNC(=O)[C@@]2(C)CN(S(C)(=O)=O)CC(=O)N2c2ccc(C)c(Cl)c2)cc1. The highest BCUT2D eigenvalue weighted by Crippen LogP contribution is 2.33. The Kier molecular flexibility index (Phi) is 6.45. The number of aryl methyl sites for hydroxylation is 2. The van der Waals surface area contributed by atoms with Crippen LogP contribution in [0.15, 0.2) is 42.5 Å². The fourth-order valence-electron chi connectivity index (χ4n) is 3.60. The van der Waals surface area contributed by atoms with Crippen molar-refractivity contribution in [2.75, 3.05) is 24.2 Å². The van der Waals surface area contributed by atoms with Gasteiger partial charge in [0.2, 0.25) is 21.8 Å². The van der Waals surface area contributed by atoms with Gasteiger partial charge in [-0.25, -0.2) is 8.42 Å². The molecule has 2 amide bonds. The first-order valence-corrected chi connectivity index (χ1v) is 12.0. The Bertz CT molecular complexity index is 1120. The minimum absolute atomic E-state index is 0.164. The highest BCUT2D eigenvalue weighted by atomic mass is 35.5. The number of piperazine rings is 1. The molecule has 2 aromatic carbocycles. The smallest absolute Gasteiger partial charge is 0.247 e. The summed E-state index contributed by atoms with van der Waals surface area (Å²) >= 11 is 6.26. The number of hydrogen-bond acceptors (Lipinski definition) is 4. The van der Waals surface area contributed by atoms with Gasteiger partial charge in [0.05, 0.1) is 12.8 Å². The van der Waals surface area contributed by atoms with Gasteiger partial charge in [-0.05, 0) is 44.0 Å². The lowest BCUT2D eigenvalue weighted by Crippen LogP contribution is -2.70. The van der Waals surface area contributed by atoms with E-state index >= 15 is 0 Å². The Morgan fingerprint density at radius 1 is 1.16 bits per heavy atom. The molecule has 0 spiro atoms. The molecule has 0 aromatic heterocycles. The summed E-state index contributed by atoms with van der Waals surface area (Å²) in [4.78, 5) is 27.8. The van der Waals surface area contributed by atoms with E-state index < -0.39 is 27.4 Å². The number of carbonyl (C=O) groups is 2. The second-order valence-corrected chi connectivity index (χ2v) is 10.5. The topological polar surface area (TPSA) is 86.8 Å². The maximum Gasteiger partial charge on any atom is 0.247 e. The van der Waals surface area contributed by atoms with Gasteiger partial charge < -0.3 is 5.32 Å². The maximum absolute atomic E-state index is 13.4. The average Bonchev–Trinajstić information content (AvgIpc) is 2.68.